The minimum atomic E-state index is -0.878. The number of benzene rings is 1. The Labute approximate surface area is 123 Å². The van der Waals surface area contributed by atoms with Gasteiger partial charge < -0.3 is 9.84 Å². The minimum Gasteiger partial charge on any atom is -0.494 e. The van der Waals surface area contributed by atoms with Crippen LogP contribution in [0.3, 0.4) is 0 Å². The van der Waals surface area contributed by atoms with Gasteiger partial charge in [-0.25, -0.2) is 9.37 Å². The van der Waals surface area contributed by atoms with Gasteiger partial charge >= 0.3 is 5.97 Å². The van der Waals surface area contributed by atoms with E-state index in [9.17, 15) is 9.18 Å². The first-order chi connectivity index (χ1) is 10.1. The second-order valence-corrected chi connectivity index (χ2v) is 5.53. The van der Waals surface area contributed by atoms with Gasteiger partial charge in [0.1, 0.15) is 0 Å². The Kier molecular flexibility index (Phi) is 3.34. The molecule has 0 bridgehead atoms. The molecule has 0 aliphatic rings. The van der Waals surface area contributed by atoms with Crippen LogP contribution < -0.4 is 4.74 Å². The van der Waals surface area contributed by atoms with Gasteiger partial charge in [-0.15, -0.1) is 11.3 Å². The number of carboxylic acid groups (broad SMARTS) is 1. The molecule has 0 spiro atoms. The number of fused-ring (bicyclic) bond motifs is 1. The number of aromatic nitrogens is 2. The van der Waals surface area contributed by atoms with Crippen LogP contribution in [0, 0.1) is 5.82 Å². The zero-order valence-corrected chi connectivity index (χ0v) is 11.9. The molecule has 2 aromatic heterocycles. The molecule has 7 heteroatoms. The summed E-state index contributed by atoms with van der Waals surface area (Å²) in [6.45, 7) is 0. The average molecular weight is 306 g/mol. The lowest BCUT2D eigenvalue weighted by Gasteiger charge is -2.02. The Bertz CT molecular complexity index is 793. The second-order valence-electron chi connectivity index (χ2n) is 4.43. The molecular weight excluding hydrogens is 295 g/mol. The van der Waals surface area contributed by atoms with Crippen LogP contribution in [0.15, 0.2) is 30.6 Å². The summed E-state index contributed by atoms with van der Waals surface area (Å²) in [6, 6.07) is 4.64. The van der Waals surface area contributed by atoms with Crippen molar-refractivity contribution in [3.8, 4) is 17.0 Å². The number of nitrogens with zero attached hydrogens (tertiary/aromatic N) is 2. The molecule has 0 radical (unpaired) electrons. The highest BCUT2D eigenvalue weighted by molar-refractivity contribution is 7.17. The van der Waals surface area contributed by atoms with Gasteiger partial charge in [-0.1, -0.05) is 0 Å². The van der Waals surface area contributed by atoms with Gasteiger partial charge in [0.25, 0.3) is 0 Å². The van der Waals surface area contributed by atoms with Crippen LogP contribution in [-0.4, -0.2) is 27.6 Å². The molecule has 1 N–H and O–H groups in total. The maximum atomic E-state index is 13.7. The van der Waals surface area contributed by atoms with E-state index in [4.69, 9.17) is 9.84 Å². The number of methoxy groups -OCH3 is 1. The molecule has 0 unspecified atom stereocenters. The number of rotatable bonds is 4. The summed E-state index contributed by atoms with van der Waals surface area (Å²) < 4.78 is 20.3. The number of hydrogen-bond donors (Lipinski definition) is 1. The molecule has 0 aliphatic heterocycles. The van der Waals surface area contributed by atoms with Gasteiger partial charge in [0, 0.05) is 22.8 Å². The van der Waals surface area contributed by atoms with Crippen molar-refractivity contribution >= 4 is 22.3 Å². The Morgan fingerprint density at radius 2 is 2.29 bits per heavy atom. The fourth-order valence-corrected chi connectivity index (χ4v) is 2.99. The summed E-state index contributed by atoms with van der Waals surface area (Å²) in [7, 11) is 1.41. The molecule has 3 aromatic rings. The Morgan fingerprint density at radius 1 is 1.48 bits per heavy atom. The highest BCUT2D eigenvalue weighted by atomic mass is 32.1. The lowest BCUT2D eigenvalue weighted by Crippen LogP contribution is -1.97. The first-order valence-electron chi connectivity index (χ1n) is 6.10. The monoisotopic (exact) mass is 306 g/mol. The third-order valence-electron chi connectivity index (χ3n) is 2.98. The molecule has 0 atom stereocenters. The lowest BCUT2D eigenvalue weighted by atomic mass is 10.1. The van der Waals surface area contributed by atoms with Crippen LogP contribution in [0.25, 0.3) is 16.2 Å². The highest BCUT2D eigenvalue weighted by Crippen LogP contribution is 2.27. The van der Waals surface area contributed by atoms with Gasteiger partial charge in [-0.3, -0.25) is 9.20 Å². The SMILES string of the molecule is COc1ccc(-c2cn3cc(CC(=O)O)sc3n2)cc1F. The van der Waals surface area contributed by atoms with Crippen LogP contribution in [0.2, 0.25) is 0 Å². The number of ether oxygens (including phenoxy) is 1. The fraction of sp³-hybridized carbons (Fsp3) is 0.143. The van der Waals surface area contributed by atoms with Crippen molar-refractivity contribution in [1.29, 1.82) is 0 Å². The normalized spacial score (nSPS) is 11.0. The summed E-state index contributed by atoms with van der Waals surface area (Å²) in [6.07, 6.45) is 3.45. The summed E-state index contributed by atoms with van der Waals surface area (Å²) in [4.78, 5) is 16.5. The molecule has 21 heavy (non-hydrogen) atoms. The van der Waals surface area contributed by atoms with E-state index >= 15 is 0 Å². The number of carboxylic acids is 1. The predicted octanol–water partition coefficient (Wildman–Crippen LogP) is 2.84. The molecule has 108 valence electrons. The van der Waals surface area contributed by atoms with Gasteiger partial charge in [0.05, 0.1) is 19.2 Å². The van der Waals surface area contributed by atoms with Crippen LogP contribution in [0.1, 0.15) is 4.88 Å². The molecule has 0 fully saturated rings. The Hall–Kier alpha value is -2.41. The molecule has 0 amide bonds. The number of thiazole rings is 1. The molecule has 1 aromatic carbocycles. The van der Waals surface area contributed by atoms with E-state index in [-0.39, 0.29) is 12.2 Å². The van der Waals surface area contributed by atoms with Crippen LogP contribution >= 0.6 is 11.3 Å². The maximum Gasteiger partial charge on any atom is 0.308 e. The van der Waals surface area contributed by atoms with E-state index in [1.807, 2.05) is 0 Å². The number of carbonyl (C=O) groups is 1. The van der Waals surface area contributed by atoms with Crippen LogP contribution in [0.4, 0.5) is 4.39 Å². The highest BCUT2D eigenvalue weighted by Gasteiger charge is 2.12. The van der Waals surface area contributed by atoms with E-state index in [1.54, 1.807) is 28.9 Å². The van der Waals surface area contributed by atoms with Crippen molar-refractivity contribution in [1.82, 2.24) is 9.38 Å². The molecule has 0 saturated carbocycles. The molecule has 5 nitrogen and oxygen atoms in total. The molecule has 2 heterocycles. The first kappa shape index (κ1) is 13.6. The summed E-state index contributed by atoms with van der Waals surface area (Å²) in [5.74, 6) is -1.14. The second kappa shape index (κ2) is 5.17. The van der Waals surface area contributed by atoms with Crippen molar-refractivity contribution in [2.24, 2.45) is 0 Å². The van der Waals surface area contributed by atoms with E-state index in [1.165, 1.54) is 24.5 Å². The van der Waals surface area contributed by atoms with Gasteiger partial charge in [-0.2, -0.15) is 0 Å². The standard InChI is InChI=1S/C14H11FN2O3S/c1-20-12-3-2-8(4-10(12)15)11-7-17-6-9(5-13(18)19)21-14(17)16-11/h2-4,6-7H,5H2,1H3,(H,18,19). The van der Waals surface area contributed by atoms with E-state index in [0.29, 0.717) is 16.2 Å². The Balaban J connectivity index is 1.96. The number of imidazole rings is 1. The number of halogens is 1. The summed E-state index contributed by atoms with van der Waals surface area (Å²) in [5.41, 5.74) is 1.27. The topological polar surface area (TPSA) is 63.8 Å². The molecular formula is C14H11FN2O3S. The lowest BCUT2D eigenvalue weighted by molar-refractivity contribution is -0.136. The quantitative estimate of drug-likeness (QED) is 0.805. The molecule has 3 rings (SSSR count). The van der Waals surface area contributed by atoms with E-state index in [0.717, 1.165) is 4.88 Å². The van der Waals surface area contributed by atoms with Crippen molar-refractivity contribution in [3.05, 3.63) is 41.3 Å². The van der Waals surface area contributed by atoms with Gasteiger partial charge in [0.2, 0.25) is 0 Å². The number of hydrogen-bond acceptors (Lipinski definition) is 4. The first-order valence-corrected chi connectivity index (χ1v) is 6.91. The van der Waals surface area contributed by atoms with Crippen molar-refractivity contribution in [2.45, 2.75) is 6.42 Å². The largest absolute Gasteiger partial charge is 0.494 e. The smallest absolute Gasteiger partial charge is 0.308 e. The zero-order chi connectivity index (χ0) is 15.0. The predicted molar refractivity (Wildman–Crippen MR) is 76.4 cm³/mol. The zero-order valence-electron chi connectivity index (χ0n) is 11.0. The third kappa shape index (κ3) is 2.59. The summed E-state index contributed by atoms with van der Waals surface area (Å²) >= 11 is 1.31. The molecule has 0 saturated heterocycles. The summed E-state index contributed by atoms with van der Waals surface area (Å²) in [5, 5.41) is 8.77. The minimum absolute atomic E-state index is 0.0273. The van der Waals surface area contributed by atoms with Crippen LogP contribution in [0.5, 0.6) is 5.75 Å². The van der Waals surface area contributed by atoms with E-state index in [2.05, 4.69) is 4.98 Å². The number of aliphatic carboxylic acids is 1. The average Bonchev–Trinajstić information content (AvgIpc) is 2.95. The molecule has 0 aliphatic carbocycles. The maximum absolute atomic E-state index is 13.7. The van der Waals surface area contributed by atoms with Crippen molar-refractivity contribution in [3.63, 3.8) is 0 Å². The van der Waals surface area contributed by atoms with E-state index < -0.39 is 11.8 Å². The van der Waals surface area contributed by atoms with Gasteiger partial charge in [0.15, 0.2) is 16.5 Å². The van der Waals surface area contributed by atoms with Crippen LogP contribution in [-0.2, 0) is 11.2 Å². The fourth-order valence-electron chi connectivity index (χ4n) is 2.04. The third-order valence-corrected chi connectivity index (χ3v) is 3.97. The van der Waals surface area contributed by atoms with Crippen molar-refractivity contribution in [2.75, 3.05) is 7.11 Å². The van der Waals surface area contributed by atoms with Gasteiger partial charge in [-0.05, 0) is 18.2 Å². The van der Waals surface area contributed by atoms with Crippen molar-refractivity contribution < 1.29 is 19.0 Å². The Morgan fingerprint density at radius 3 is 2.90 bits per heavy atom.